The average Bonchev–Trinajstić information content (AvgIpc) is 2.24. The van der Waals surface area contributed by atoms with E-state index in [1.807, 2.05) is 13.8 Å². The Balaban J connectivity index is 3.88. The first-order valence-electron chi connectivity index (χ1n) is 5.67. The number of hydrogen-bond donors (Lipinski definition) is 3. The Labute approximate surface area is 111 Å². The Bertz CT molecular complexity index is 307. The number of nitrogens with one attached hydrogen (secondary N) is 2. The van der Waals surface area contributed by atoms with Crippen molar-refractivity contribution in [1.82, 2.24) is 10.6 Å². The summed E-state index contributed by atoms with van der Waals surface area (Å²) in [6.45, 7) is 5.85. The van der Waals surface area contributed by atoms with Crippen molar-refractivity contribution < 1.29 is 19.5 Å². The molecular formula is C11H20N2O4S. The highest BCUT2D eigenvalue weighted by Gasteiger charge is 2.18. The standard InChI is InChI=1S/C11H20N2O4S/c1-7(2)4-12-10(15)6-18-5-9(11(16)17)13-8(3)14/h7,9H,4-6H2,1-3H3,(H,12,15)(H,13,14)(H,16,17)/t9-/m0/s1. The Morgan fingerprint density at radius 2 is 1.89 bits per heavy atom. The van der Waals surface area contributed by atoms with Gasteiger partial charge in [-0.1, -0.05) is 13.8 Å². The van der Waals surface area contributed by atoms with Gasteiger partial charge >= 0.3 is 5.97 Å². The number of hydrogen-bond acceptors (Lipinski definition) is 4. The molecule has 0 saturated carbocycles. The molecule has 0 rings (SSSR count). The predicted octanol–water partition coefficient (Wildman–Crippen LogP) is 0.0811. The lowest BCUT2D eigenvalue weighted by Gasteiger charge is -2.12. The van der Waals surface area contributed by atoms with Crippen molar-refractivity contribution in [2.24, 2.45) is 5.92 Å². The van der Waals surface area contributed by atoms with Gasteiger partial charge in [0.2, 0.25) is 11.8 Å². The van der Waals surface area contributed by atoms with Crippen molar-refractivity contribution in [3.8, 4) is 0 Å². The minimum atomic E-state index is -1.10. The molecule has 0 heterocycles. The third kappa shape index (κ3) is 8.86. The summed E-state index contributed by atoms with van der Waals surface area (Å²) in [5, 5.41) is 13.9. The fourth-order valence-electron chi connectivity index (χ4n) is 1.06. The number of carbonyl (C=O) groups excluding carboxylic acids is 2. The van der Waals surface area contributed by atoms with E-state index in [9.17, 15) is 14.4 Å². The van der Waals surface area contributed by atoms with E-state index in [4.69, 9.17) is 5.11 Å². The van der Waals surface area contributed by atoms with Gasteiger partial charge in [0, 0.05) is 19.2 Å². The highest BCUT2D eigenvalue weighted by molar-refractivity contribution is 8.00. The number of amides is 2. The molecule has 0 saturated heterocycles. The molecule has 2 amide bonds. The number of aliphatic carboxylic acids is 1. The smallest absolute Gasteiger partial charge is 0.327 e. The zero-order chi connectivity index (χ0) is 14.1. The third-order valence-corrected chi connectivity index (χ3v) is 2.94. The van der Waals surface area contributed by atoms with Gasteiger partial charge in [0.15, 0.2) is 0 Å². The molecule has 1 atom stereocenters. The monoisotopic (exact) mass is 276 g/mol. The molecule has 0 aliphatic carbocycles. The minimum Gasteiger partial charge on any atom is -0.480 e. The van der Waals surface area contributed by atoms with Gasteiger partial charge in [-0.05, 0) is 5.92 Å². The first kappa shape index (κ1) is 16.8. The Kier molecular flexibility index (Phi) is 8.19. The van der Waals surface area contributed by atoms with Gasteiger partial charge in [-0.2, -0.15) is 0 Å². The molecule has 0 unspecified atom stereocenters. The molecule has 104 valence electrons. The van der Waals surface area contributed by atoms with Crippen molar-refractivity contribution in [3.63, 3.8) is 0 Å². The molecule has 3 N–H and O–H groups in total. The second kappa shape index (κ2) is 8.79. The van der Waals surface area contributed by atoms with E-state index in [1.165, 1.54) is 18.7 Å². The second-order valence-corrected chi connectivity index (χ2v) is 5.33. The molecule has 0 fully saturated rings. The van der Waals surface area contributed by atoms with Crippen molar-refractivity contribution >= 4 is 29.5 Å². The maximum absolute atomic E-state index is 11.4. The molecule has 0 aromatic rings. The van der Waals surface area contributed by atoms with Gasteiger partial charge in [0.05, 0.1) is 5.75 Å². The van der Waals surface area contributed by atoms with Crippen LogP contribution in [0.2, 0.25) is 0 Å². The Morgan fingerprint density at radius 3 is 2.33 bits per heavy atom. The molecule has 0 bridgehead atoms. The highest BCUT2D eigenvalue weighted by Crippen LogP contribution is 2.03. The van der Waals surface area contributed by atoms with Crippen LogP contribution in [0.15, 0.2) is 0 Å². The van der Waals surface area contributed by atoms with E-state index in [0.29, 0.717) is 12.5 Å². The minimum absolute atomic E-state index is 0.124. The first-order valence-corrected chi connectivity index (χ1v) is 6.82. The fourth-order valence-corrected chi connectivity index (χ4v) is 1.93. The van der Waals surface area contributed by atoms with Gasteiger partial charge in [-0.3, -0.25) is 9.59 Å². The van der Waals surface area contributed by atoms with Gasteiger partial charge in [-0.25, -0.2) is 4.79 Å². The second-order valence-electron chi connectivity index (χ2n) is 4.30. The lowest BCUT2D eigenvalue weighted by Crippen LogP contribution is -2.41. The van der Waals surface area contributed by atoms with Crippen molar-refractivity contribution in [1.29, 1.82) is 0 Å². The topological polar surface area (TPSA) is 95.5 Å². The third-order valence-electron chi connectivity index (χ3n) is 1.90. The van der Waals surface area contributed by atoms with Crippen LogP contribution in [0.5, 0.6) is 0 Å². The molecule has 0 spiro atoms. The maximum Gasteiger partial charge on any atom is 0.327 e. The lowest BCUT2D eigenvalue weighted by molar-refractivity contribution is -0.140. The molecular weight excluding hydrogens is 256 g/mol. The molecule has 0 aliphatic heterocycles. The SMILES string of the molecule is CC(=O)N[C@@H](CSCC(=O)NCC(C)C)C(=O)O. The van der Waals surface area contributed by atoms with Crippen LogP contribution >= 0.6 is 11.8 Å². The van der Waals surface area contributed by atoms with Crippen molar-refractivity contribution in [3.05, 3.63) is 0 Å². The van der Waals surface area contributed by atoms with Gasteiger partial charge in [-0.15, -0.1) is 11.8 Å². The highest BCUT2D eigenvalue weighted by atomic mass is 32.2. The van der Waals surface area contributed by atoms with E-state index < -0.39 is 17.9 Å². The number of carbonyl (C=O) groups is 3. The average molecular weight is 276 g/mol. The largest absolute Gasteiger partial charge is 0.480 e. The zero-order valence-electron chi connectivity index (χ0n) is 10.9. The quantitative estimate of drug-likeness (QED) is 0.583. The summed E-state index contributed by atoms with van der Waals surface area (Å²) in [5.41, 5.74) is 0. The van der Waals surface area contributed by atoms with Crippen LogP contribution in [0, 0.1) is 5.92 Å². The van der Waals surface area contributed by atoms with Gasteiger partial charge < -0.3 is 15.7 Å². The molecule has 18 heavy (non-hydrogen) atoms. The molecule has 0 aliphatic rings. The summed E-state index contributed by atoms with van der Waals surface area (Å²) < 4.78 is 0. The van der Waals surface area contributed by atoms with Gasteiger partial charge in [0.1, 0.15) is 6.04 Å². The van der Waals surface area contributed by atoms with E-state index in [1.54, 1.807) is 0 Å². The van der Waals surface area contributed by atoms with E-state index in [2.05, 4.69) is 10.6 Å². The van der Waals surface area contributed by atoms with Crippen LogP contribution in [0.1, 0.15) is 20.8 Å². The van der Waals surface area contributed by atoms with E-state index in [-0.39, 0.29) is 17.4 Å². The molecule has 0 aromatic carbocycles. The Morgan fingerprint density at radius 1 is 1.28 bits per heavy atom. The number of carboxylic acid groups (broad SMARTS) is 1. The van der Waals surface area contributed by atoms with Crippen LogP contribution in [-0.2, 0) is 14.4 Å². The fraction of sp³-hybridized carbons (Fsp3) is 0.727. The van der Waals surface area contributed by atoms with E-state index >= 15 is 0 Å². The number of rotatable bonds is 8. The van der Waals surface area contributed by atoms with Crippen LogP contribution in [0.4, 0.5) is 0 Å². The molecule has 7 heteroatoms. The summed E-state index contributed by atoms with van der Waals surface area (Å²) in [4.78, 5) is 32.9. The summed E-state index contributed by atoms with van der Waals surface area (Å²) >= 11 is 1.18. The van der Waals surface area contributed by atoms with Crippen LogP contribution < -0.4 is 10.6 Å². The molecule has 0 radical (unpaired) electrons. The molecule has 0 aromatic heterocycles. The number of carboxylic acids is 1. The van der Waals surface area contributed by atoms with Crippen LogP contribution in [0.3, 0.4) is 0 Å². The first-order chi connectivity index (χ1) is 8.32. The summed E-state index contributed by atoms with van der Waals surface area (Å²) in [5.74, 6) is -0.876. The summed E-state index contributed by atoms with van der Waals surface area (Å²) in [6, 6.07) is -0.953. The Hall–Kier alpha value is -1.24. The van der Waals surface area contributed by atoms with Crippen molar-refractivity contribution in [2.75, 3.05) is 18.1 Å². The predicted molar refractivity (Wildman–Crippen MR) is 70.4 cm³/mol. The zero-order valence-corrected chi connectivity index (χ0v) is 11.7. The number of thioether (sulfide) groups is 1. The van der Waals surface area contributed by atoms with E-state index in [0.717, 1.165) is 0 Å². The molecule has 6 nitrogen and oxygen atoms in total. The van der Waals surface area contributed by atoms with Crippen LogP contribution in [0.25, 0.3) is 0 Å². The van der Waals surface area contributed by atoms with Crippen molar-refractivity contribution in [2.45, 2.75) is 26.8 Å². The summed E-state index contributed by atoms with van der Waals surface area (Å²) in [6.07, 6.45) is 0. The summed E-state index contributed by atoms with van der Waals surface area (Å²) in [7, 11) is 0. The van der Waals surface area contributed by atoms with Gasteiger partial charge in [0.25, 0.3) is 0 Å². The lowest BCUT2D eigenvalue weighted by atomic mass is 10.2. The normalized spacial score (nSPS) is 12.0. The maximum atomic E-state index is 11.4. The van der Waals surface area contributed by atoms with Crippen LogP contribution in [-0.4, -0.2) is 47.0 Å².